The lowest BCUT2D eigenvalue weighted by molar-refractivity contribution is -0.134. The maximum atomic E-state index is 14.0. The number of carbonyl (C=O) groups is 3. The molecule has 3 aromatic carbocycles. The van der Waals surface area contributed by atoms with E-state index in [-0.39, 0.29) is 67.7 Å². The Morgan fingerprint density at radius 2 is 1.45 bits per heavy atom. The van der Waals surface area contributed by atoms with Crippen LogP contribution in [-0.2, 0) is 53.6 Å². The topological polar surface area (TPSA) is 173 Å². The Morgan fingerprint density at radius 1 is 0.821 bits per heavy atom. The zero-order chi connectivity index (χ0) is 41.3. The summed E-state index contributed by atoms with van der Waals surface area (Å²) >= 11 is 0. The van der Waals surface area contributed by atoms with Crippen LogP contribution in [0.3, 0.4) is 0 Å². The van der Waals surface area contributed by atoms with E-state index in [0.29, 0.717) is 25.1 Å². The molecule has 0 radical (unpaired) electrons. The van der Waals surface area contributed by atoms with Crippen molar-refractivity contribution in [2.24, 2.45) is 17.8 Å². The van der Waals surface area contributed by atoms with Crippen LogP contribution in [0.2, 0.25) is 0 Å². The van der Waals surface area contributed by atoms with E-state index in [1.54, 1.807) is 19.2 Å². The van der Waals surface area contributed by atoms with Crippen LogP contribution >= 0.6 is 0 Å². The van der Waals surface area contributed by atoms with Gasteiger partial charge in [0.15, 0.2) is 0 Å². The number of aliphatic hydroxyl groups is 1. The first-order valence-electron chi connectivity index (χ1n) is 19.0. The highest BCUT2D eigenvalue weighted by atomic mass is 32.2. The lowest BCUT2D eigenvalue weighted by Gasteiger charge is -2.31. The van der Waals surface area contributed by atoms with Crippen molar-refractivity contribution in [2.75, 3.05) is 44.5 Å². The van der Waals surface area contributed by atoms with Crippen LogP contribution in [0.4, 0.5) is 5.69 Å². The van der Waals surface area contributed by atoms with Gasteiger partial charge < -0.3 is 35.3 Å². The van der Waals surface area contributed by atoms with Gasteiger partial charge in [-0.1, -0.05) is 94.8 Å². The van der Waals surface area contributed by atoms with Crippen LogP contribution < -0.4 is 20.3 Å². The Labute approximate surface area is 332 Å². The van der Waals surface area contributed by atoms with Gasteiger partial charge in [-0.2, -0.15) is 0 Å². The molecule has 3 amide bonds. The van der Waals surface area contributed by atoms with Crippen LogP contribution in [0.25, 0.3) is 0 Å². The minimum absolute atomic E-state index is 0.0442. The fraction of sp³-hybridized carbons (Fsp3) is 0.500. The van der Waals surface area contributed by atoms with Gasteiger partial charge >= 0.3 is 0 Å². The lowest BCUT2D eigenvalue weighted by Crippen LogP contribution is -2.53. The summed E-state index contributed by atoms with van der Waals surface area (Å²) in [4.78, 5) is 41.3. The average molecular weight is 797 g/mol. The number of hydrogen-bond donors (Lipinski definition) is 4. The summed E-state index contributed by atoms with van der Waals surface area (Å²) in [6, 6.07) is 21.8. The molecule has 0 spiro atoms. The number of rotatable bonds is 24. The predicted octanol–water partition coefficient (Wildman–Crippen LogP) is 4.43. The number of benzene rings is 3. The van der Waals surface area contributed by atoms with E-state index in [0.717, 1.165) is 21.7 Å². The van der Waals surface area contributed by atoms with Gasteiger partial charge in [-0.15, -0.1) is 0 Å². The van der Waals surface area contributed by atoms with Gasteiger partial charge in [-0.05, 0) is 53.1 Å². The van der Waals surface area contributed by atoms with E-state index < -0.39 is 40.0 Å². The molecule has 0 fully saturated rings. The van der Waals surface area contributed by atoms with Gasteiger partial charge in [-0.25, -0.2) is 8.42 Å². The summed E-state index contributed by atoms with van der Waals surface area (Å²) in [6.45, 7) is 8.75. The van der Waals surface area contributed by atoms with Crippen molar-refractivity contribution >= 4 is 33.4 Å². The van der Waals surface area contributed by atoms with Crippen molar-refractivity contribution < 1.29 is 42.1 Å². The third kappa shape index (κ3) is 15.0. The maximum Gasteiger partial charge on any atom is 0.251 e. The van der Waals surface area contributed by atoms with Crippen LogP contribution in [0, 0.1) is 17.8 Å². The second-order valence-electron chi connectivity index (χ2n) is 14.5. The van der Waals surface area contributed by atoms with Gasteiger partial charge in [0.1, 0.15) is 6.04 Å². The maximum absolute atomic E-state index is 14.0. The Balaban J connectivity index is 1.86. The number of anilines is 1. The highest BCUT2D eigenvalue weighted by Gasteiger charge is 2.34. The Hall–Kier alpha value is -4.34. The lowest BCUT2D eigenvalue weighted by atomic mass is 9.86. The summed E-state index contributed by atoms with van der Waals surface area (Å²) in [5, 5.41) is 20.6. The first-order chi connectivity index (χ1) is 26.6. The Bertz CT molecular complexity index is 1780. The molecule has 1 unspecified atom stereocenters. The number of nitrogens with one attached hydrogen (secondary N) is 3. The minimum Gasteiger partial charge on any atom is -0.391 e. The van der Waals surface area contributed by atoms with E-state index in [2.05, 4.69) is 16.0 Å². The summed E-state index contributed by atoms with van der Waals surface area (Å²) < 4.78 is 42.7. The summed E-state index contributed by atoms with van der Waals surface area (Å²) in [6.07, 6.45) is 0.417. The van der Waals surface area contributed by atoms with Gasteiger partial charge in [0.25, 0.3) is 5.91 Å². The van der Waals surface area contributed by atoms with Crippen molar-refractivity contribution in [3.8, 4) is 0 Å². The van der Waals surface area contributed by atoms with Crippen molar-refractivity contribution in [2.45, 2.75) is 78.5 Å². The molecule has 14 heteroatoms. The van der Waals surface area contributed by atoms with E-state index in [4.69, 9.17) is 14.2 Å². The second kappa shape index (κ2) is 23.0. The number of carbonyl (C=O) groups excluding carboxylic acids is 3. The second-order valence-corrected chi connectivity index (χ2v) is 16.5. The fourth-order valence-electron chi connectivity index (χ4n) is 5.94. The van der Waals surface area contributed by atoms with Crippen molar-refractivity contribution in [3.05, 3.63) is 101 Å². The molecule has 0 aromatic heterocycles. The van der Waals surface area contributed by atoms with E-state index >= 15 is 0 Å². The van der Waals surface area contributed by atoms with Crippen LogP contribution in [0.5, 0.6) is 0 Å². The highest BCUT2D eigenvalue weighted by molar-refractivity contribution is 7.92. The molecular formula is C42H60N4O9S. The smallest absolute Gasteiger partial charge is 0.251 e. The minimum atomic E-state index is -3.67. The van der Waals surface area contributed by atoms with Crippen LogP contribution in [0.15, 0.2) is 78.9 Å². The number of methoxy groups -OCH3 is 1. The predicted molar refractivity (Wildman–Crippen MR) is 217 cm³/mol. The zero-order valence-corrected chi connectivity index (χ0v) is 34.5. The molecule has 0 saturated heterocycles. The number of aliphatic hydroxyl groups excluding tert-OH is 1. The summed E-state index contributed by atoms with van der Waals surface area (Å²) in [7, 11) is -0.728. The Kier molecular flexibility index (Phi) is 18.9. The van der Waals surface area contributed by atoms with Gasteiger partial charge in [0, 0.05) is 32.2 Å². The molecule has 13 nitrogen and oxygen atoms in total. The SMILES string of the molecule is CCC(C)[C@H](NC(=O)[C@@H](C[C@H](O)[C@H](COCc1ccccc1)NC(=O)c1cc(COCCOC)cc(N(C)S(C)(=O)=O)c1)C(C)C)C(=O)NCc1ccccc1. The molecule has 3 aromatic rings. The normalized spacial score (nSPS) is 14.3. The molecule has 0 bridgehead atoms. The molecule has 4 N–H and O–H groups in total. The largest absolute Gasteiger partial charge is 0.391 e. The molecule has 0 aliphatic rings. The molecular weight excluding hydrogens is 737 g/mol. The average Bonchev–Trinajstić information content (AvgIpc) is 3.18. The molecule has 0 saturated carbocycles. The molecule has 0 heterocycles. The van der Waals surface area contributed by atoms with Gasteiger partial charge in [0.2, 0.25) is 21.8 Å². The summed E-state index contributed by atoms with van der Waals surface area (Å²) in [5.74, 6) is -2.40. The fourth-order valence-corrected chi connectivity index (χ4v) is 6.42. The van der Waals surface area contributed by atoms with E-state index in [1.165, 1.54) is 13.1 Å². The first kappa shape index (κ1) is 46.0. The Morgan fingerprint density at radius 3 is 2.04 bits per heavy atom. The molecule has 308 valence electrons. The third-order valence-electron chi connectivity index (χ3n) is 9.73. The number of amides is 3. The van der Waals surface area contributed by atoms with Crippen molar-refractivity contribution in [1.29, 1.82) is 0 Å². The van der Waals surface area contributed by atoms with Crippen LogP contribution in [-0.4, -0.2) is 89.7 Å². The quantitative estimate of drug-likeness (QED) is 0.0958. The van der Waals surface area contributed by atoms with Crippen molar-refractivity contribution in [3.63, 3.8) is 0 Å². The number of hydrogen-bond acceptors (Lipinski definition) is 9. The number of nitrogens with zero attached hydrogens (tertiary/aromatic N) is 1. The number of sulfonamides is 1. The standard InChI is InChI=1S/C42H60N4O9S/c1-8-30(4)39(42(50)43-25-31-15-11-9-12-16-31)45-41(49)36(29(2)3)24-38(47)37(28-55-26-32-17-13-10-14-18-32)44-40(48)34-21-33(27-54-20-19-53-6)22-35(23-34)46(5)56(7,51)52/h9-18,21-23,29-30,36-39,47H,8,19-20,24-28H2,1-7H3,(H,43,50)(H,44,48)(H,45,49)/t30?,36-,37-,38-,39-/m0/s1. The monoisotopic (exact) mass is 796 g/mol. The third-order valence-corrected chi connectivity index (χ3v) is 10.9. The molecule has 3 rings (SSSR count). The summed E-state index contributed by atoms with van der Waals surface area (Å²) in [5.41, 5.74) is 2.77. The number of ether oxygens (including phenoxy) is 3. The molecule has 0 aliphatic carbocycles. The van der Waals surface area contributed by atoms with E-state index in [1.807, 2.05) is 88.4 Å². The van der Waals surface area contributed by atoms with Crippen molar-refractivity contribution in [1.82, 2.24) is 16.0 Å². The van der Waals surface area contributed by atoms with Crippen LogP contribution in [0.1, 0.15) is 67.6 Å². The molecule has 56 heavy (non-hydrogen) atoms. The van der Waals surface area contributed by atoms with Gasteiger partial charge in [0.05, 0.1) is 57.1 Å². The first-order valence-corrected chi connectivity index (χ1v) is 20.9. The molecule has 5 atom stereocenters. The van der Waals surface area contributed by atoms with E-state index in [9.17, 15) is 27.9 Å². The highest BCUT2D eigenvalue weighted by Crippen LogP contribution is 2.24. The van der Waals surface area contributed by atoms with Gasteiger partial charge in [-0.3, -0.25) is 18.7 Å². The molecule has 0 aliphatic heterocycles. The zero-order valence-electron chi connectivity index (χ0n) is 33.7.